The minimum atomic E-state index is -3.53. The van der Waals surface area contributed by atoms with E-state index in [1.807, 2.05) is 43.3 Å². The molecule has 29 heavy (non-hydrogen) atoms. The van der Waals surface area contributed by atoms with E-state index >= 15 is 0 Å². The SMILES string of the molecule is Cc1cccc(S(=O)(=O)CCc2cc(=O)c(OCc3ccccc3)c(CO)o2)c1. The lowest BCUT2D eigenvalue weighted by atomic mass is 10.2. The van der Waals surface area contributed by atoms with Gasteiger partial charge in [-0.25, -0.2) is 8.42 Å². The molecule has 1 heterocycles. The first kappa shape index (κ1) is 20.8. The van der Waals surface area contributed by atoms with Gasteiger partial charge in [0, 0.05) is 12.5 Å². The van der Waals surface area contributed by atoms with Crippen LogP contribution in [0.4, 0.5) is 0 Å². The average Bonchev–Trinajstić information content (AvgIpc) is 2.72. The minimum absolute atomic E-state index is 0.0114. The van der Waals surface area contributed by atoms with Gasteiger partial charge in [-0.1, -0.05) is 42.5 Å². The molecule has 3 aromatic rings. The van der Waals surface area contributed by atoms with Gasteiger partial charge < -0.3 is 14.3 Å². The van der Waals surface area contributed by atoms with E-state index in [1.165, 1.54) is 12.1 Å². The zero-order chi connectivity index (χ0) is 20.9. The summed E-state index contributed by atoms with van der Waals surface area (Å²) in [5, 5.41) is 9.57. The molecule has 2 aromatic carbocycles. The fourth-order valence-corrected chi connectivity index (χ4v) is 4.21. The number of ether oxygens (including phenoxy) is 1. The molecule has 0 aliphatic heterocycles. The first-order valence-electron chi connectivity index (χ1n) is 9.12. The van der Waals surface area contributed by atoms with Crippen LogP contribution in [0.25, 0.3) is 0 Å². The molecule has 152 valence electrons. The van der Waals surface area contributed by atoms with Crippen molar-refractivity contribution < 1.29 is 22.7 Å². The van der Waals surface area contributed by atoms with Crippen molar-refractivity contribution in [3.63, 3.8) is 0 Å². The van der Waals surface area contributed by atoms with Gasteiger partial charge in [-0.2, -0.15) is 0 Å². The predicted octanol–water partition coefficient (Wildman–Crippen LogP) is 3.04. The van der Waals surface area contributed by atoms with Crippen LogP contribution in [-0.4, -0.2) is 19.3 Å². The quantitative estimate of drug-likeness (QED) is 0.609. The van der Waals surface area contributed by atoms with Crippen molar-refractivity contribution in [2.45, 2.75) is 31.5 Å². The van der Waals surface area contributed by atoms with Crippen LogP contribution >= 0.6 is 0 Å². The second-order valence-corrected chi connectivity index (χ2v) is 8.76. The molecule has 3 rings (SSSR count). The first-order valence-corrected chi connectivity index (χ1v) is 10.8. The first-order chi connectivity index (χ1) is 13.9. The second-order valence-electron chi connectivity index (χ2n) is 6.65. The number of hydrogen-bond acceptors (Lipinski definition) is 6. The van der Waals surface area contributed by atoms with Gasteiger partial charge in [0.15, 0.2) is 15.6 Å². The largest absolute Gasteiger partial charge is 0.482 e. The molecule has 1 N–H and O–H groups in total. The summed E-state index contributed by atoms with van der Waals surface area (Å²) >= 11 is 0. The van der Waals surface area contributed by atoms with Gasteiger partial charge in [0.1, 0.15) is 19.0 Å². The fourth-order valence-electron chi connectivity index (χ4n) is 2.85. The average molecular weight is 414 g/mol. The Hall–Kier alpha value is -2.90. The van der Waals surface area contributed by atoms with Crippen LogP contribution in [0.15, 0.2) is 74.8 Å². The highest BCUT2D eigenvalue weighted by molar-refractivity contribution is 7.91. The van der Waals surface area contributed by atoms with E-state index in [2.05, 4.69) is 0 Å². The molecule has 0 saturated carbocycles. The summed E-state index contributed by atoms with van der Waals surface area (Å²) in [5.41, 5.74) is 1.25. The van der Waals surface area contributed by atoms with Gasteiger partial charge in [-0.15, -0.1) is 0 Å². The predicted molar refractivity (Wildman–Crippen MR) is 109 cm³/mol. The van der Waals surface area contributed by atoms with Crippen LogP contribution in [0.2, 0.25) is 0 Å². The lowest BCUT2D eigenvalue weighted by Gasteiger charge is -2.11. The zero-order valence-corrected chi connectivity index (χ0v) is 16.8. The van der Waals surface area contributed by atoms with Crippen molar-refractivity contribution in [2.75, 3.05) is 5.75 Å². The molecule has 0 amide bonds. The van der Waals surface area contributed by atoms with Gasteiger partial charge in [-0.3, -0.25) is 4.79 Å². The van der Waals surface area contributed by atoms with E-state index in [4.69, 9.17) is 9.15 Å². The summed E-state index contributed by atoms with van der Waals surface area (Å²) in [6.07, 6.45) is 0.0114. The van der Waals surface area contributed by atoms with Crippen molar-refractivity contribution in [1.82, 2.24) is 0 Å². The van der Waals surface area contributed by atoms with Crippen LogP contribution < -0.4 is 10.2 Å². The standard InChI is InChI=1S/C22H22O6S/c1-16-6-5-9-19(12-16)29(25,26)11-10-18-13-20(24)22(21(14-23)28-18)27-15-17-7-3-2-4-8-17/h2-9,12-13,23H,10-11,14-15H2,1H3. The second kappa shape index (κ2) is 9.07. The highest BCUT2D eigenvalue weighted by Gasteiger charge is 2.18. The van der Waals surface area contributed by atoms with Gasteiger partial charge >= 0.3 is 0 Å². The summed E-state index contributed by atoms with van der Waals surface area (Å²) in [5.74, 6) is -0.116. The number of benzene rings is 2. The van der Waals surface area contributed by atoms with Gasteiger partial charge in [0.05, 0.1) is 10.6 Å². The molecule has 0 bridgehead atoms. The topological polar surface area (TPSA) is 93.8 Å². The Morgan fingerprint density at radius 2 is 1.79 bits per heavy atom. The number of rotatable bonds is 8. The monoisotopic (exact) mass is 414 g/mol. The highest BCUT2D eigenvalue weighted by atomic mass is 32.2. The summed E-state index contributed by atoms with van der Waals surface area (Å²) in [6.45, 7) is 1.44. The molecule has 0 aliphatic rings. The Morgan fingerprint density at radius 1 is 1.03 bits per heavy atom. The van der Waals surface area contributed by atoms with Crippen molar-refractivity contribution in [3.05, 3.63) is 93.5 Å². The third-order valence-corrected chi connectivity index (χ3v) is 6.07. The summed E-state index contributed by atoms with van der Waals surface area (Å²) in [6, 6.07) is 17.1. The van der Waals surface area contributed by atoms with E-state index < -0.39 is 21.9 Å². The van der Waals surface area contributed by atoms with Crippen molar-refractivity contribution in [1.29, 1.82) is 0 Å². The maximum absolute atomic E-state index is 12.5. The number of aliphatic hydroxyl groups excluding tert-OH is 1. The van der Waals surface area contributed by atoms with Crippen LogP contribution in [0.3, 0.4) is 0 Å². The summed E-state index contributed by atoms with van der Waals surface area (Å²) in [4.78, 5) is 12.7. The third-order valence-electron chi connectivity index (χ3n) is 4.36. The van der Waals surface area contributed by atoms with Crippen LogP contribution in [0.1, 0.15) is 22.6 Å². The Morgan fingerprint density at radius 3 is 2.48 bits per heavy atom. The molecule has 7 heteroatoms. The van der Waals surface area contributed by atoms with Crippen LogP contribution in [0.5, 0.6) is 5.75 Å². The maximum atomic E-state index is 12.5. The highest BCUT2D eigenvalue weighted by Crippen LogP contribution is 2.19. The fraction of sp³-hybridized carbons (Fsp3) is 0.227. The normalized spacial score (nSPS) is 11.4. The van der Waals surface area contributed by atoms with E-state index in [0.717, 1.165) is 11.1 Å². The molecular weight excluding hydrogens is 392 g/mol. The number of aryl methyl sites for hydroxylation is 2. The number of aliphatic hydroxyl groups is 1. The van der Waals surface area contributed by atoms with Crippen LogP contribution in [0, 0.1) is 6.92 Å². The van der Waals surface area contributed by atoms with Crippen LogP contribution in [-0.2, 0) is 29.5 Å². The molecule has 0 atom stereocenters. The van der Waals surface area contributed by atoms with Crippen molar-refractivity contribution in [2.24, 2.45) is 0 Å². The molecule has 0 radical (unpaired) electrons. The molecule has 0 unspecified atom stereocenters. The van der Waals surface area contributed by atoms with E-state index in [-0.39, 0.29) is 40.9 Å². The van der Waals surface area contributed by atoms with Crippen molar-refractivity contribution in [3.8, 4) is 5.75 Å². The van der Waals surface area contributed by atoms with E-state index in [9.17, 15) is 18.3 Å². The Bertz CT molecular complexity index is 1130. The summed E-state index contributed by atoms with van der Waals surface area (Å²) < 4.78 is 36.1. The van der Waals surface area contributed by atoms with Crippen molar-refractivity contribution >= 4 is 9.84 Å². The molecular formula is C22H22O6S. The van der Waals surface area contributed by atoms with Gasteiger partial charge in [-0.05, 0) is 30.2 Å². The summed E-state index contributed by atoms with van der Waals surface area (Å²) in [7, 11) is -3.53. The number of sulfone groups is 1. The minimum Gasteiger partial charge on any atom is -0.482 e. The molecule has 1 aromatic heterocycles. The lowest BCUT2D eigenvalue weighted by Crippen LogP contribution is -2.14. The van der Waals surface area contributed by atoms with E-state index in [0.29, 0.717) is 0 Å². The van der Waals surface area contributed by atoms with Gasteiger partial charge in [0.2, 0.25) is 11.2 Å². The molecule has 0 fully saturated rings. The Balaban J connectivity index is 1.75. The Labute approximate surface area is 169 Å². The zero-order valence-electron chi connectivity index (χ0n) is 16.0. The molecule has 6 nitrogen and oxygen atoms in total. The molecule has 0 aliphatic carbocycles. The molecule has 0 spiro atoms. The third kappa shape index (κ3) is 5.34. The lowest BCUT2D eigenvalue weighted by molar-refractivity contribution is 0.213. The van der Waals surface area contributed by atoms with E-state index in [1.54, 1.807) is 12.1 Å². The maximum Gasteiger partial charge on any atom is 0.227 e. The molecule has 0 saturated heterocycles. The smallest absolute Gasteiger partial charge is 0.227 e. The number of hydrogen-bond donors (Lipinski definition) is 1. The van der Waals surface area contributed by atoms with Gasteiger partial charge in [0.25, 0.3) is 0 Å². The Kier molecular flexibility index (Phi) is 6.51.